The van der Waals surface area contributed by atoms with E-state index in [4.69, 9.17) is 0 Å². The monoisotopic (exact) mass is 179 g/mol. The maximum atomic E-state index is 11.2. The smallest absolute Gasteiger partial charge is 0.249 e. The van der Waals surface area contributed by atoms with Gasteiger partial charge < -0.3 is 4.90 Å². The van der Waals surface area contributed by atoms with Gasteiger partial charge in [0.15, 0.2) is 0 Å². The van der Waals surface area contributed by atoms with Crippen molar-refractivity contribution >= 4 is 5.91 Å². The summed E-state index contributed by atoms with van der Waals surface area (Å²) in [6.07, 6.45) is 4.31. The van der Waals surface area contributed by atoms with Gasteiger partial charge in [0.05, 0.1) is 0 Å². The Balaban J connectivity index is 2.75. The minimum atomic E-state index is -0.000694. The van der Waals surface area contributed by atoms with Crippen LogP contribution in [-0.4, -0.2) is 17.4 Å². The van der Waals surface area contributed by atoms with Gasteiger partial charge >= 0.3 is 0 Å². The summed E-state index contributed by atoms with van der Waals surface area (Å²) in [6.45, 7) is 10.8. The van der Waals surface area contributed by atoms with E-state index in [0.717, 1.165) is 13.0 Å². The van der Waals surface area contributed by atoms with Crippen LogP contribution in [0.25, 0.3) is 0 Å². The molecule has 0 aliphatic carbocycles. The van der Waals surface area contributed by atoms with Crippen molar-refractivity contribution in [2.24, 2.45) is 5.41 Å². The van der Waals surface area contributed by atoms with Crippen molar-refractivity contribution in [1.29, 1.82) is 0 Å². The molecule has 2 heteroatoms. The van der Waals surface area contributed by atoms with Crippen molar-refractivity contribution in [3.8, 4) is 0 Å². The van der Waals surface area contributed by atoms with Gasteiger partial charge in [0.2, 0.25) is 5.91 Å². The Morgan fingerprint density at radius 1 is 1.62 bits per heavy atom. The van der Waals surface area contributed by atoms with Crippen LogP contribution in [0.15, 0.2) is 24.4 Å². The van der Waals surface area contributed by atoms with E-state index in [1.165, 1.54) is 11.6 Å². The molecule has 1 heterocycles. The fourth-order valence-corrected chi connectivity index (χ4v) is 1.42. The quantitative estimate of drug-likeness (QED) is 0.566. The Labute approximate surface area is 79.9 Å². The lowest BCUT2D eigenvalue weighted by molar-refractivity contribution is -0.123. The van der Waals surface area contributed by atoms with Gasteiger partial charge in [-0.2, -0.15) is 0 Å². The molecule has 0 spiro atoms. The van der Waals surface area contributed by atoms with Gasteiger partial charge in [0.25, 0.3) is 0 Å². The van der Waals surface area contributed by atoms with E-state index < -0.39 is 0 Å². The van der Waals surface area contributed by atoms with Crippen LogP contribution in [-0.2, 0) is 4.79 Å². The molecule has 0 aromatic carbocycles. The molecule has 1 amide bonds. The molecule has 0 aromatic rings. The highest BCUT2D eigenvalue weighted by molar-refractivity contribution is 5.88. The molecule has 2 nitrogen and oxygen atoms in total. The summed E-state index contributed by atoms with van der Waals surface area (Å²) in [5.74, 6) is -0.000694. The van der Waals surface area contributed by atoms with Crippen LogP contribution in [0.2, 0.25) is 0 Å². The molecule has 0 saturated heterocycles. The molecular formula is C11H17NO. The van der Waals surface area contributed by atoms with Crippen molar-refractivity contribution < 1.29 is 4.79 Å². The van der Waals surface area contributed by atoms with Gasteiger partial charge in [-0.15, -0.1) is 0 Å². The second-order valence-corrected chi connectivity index (χ2v) is 4.39. The second kappa shape index (κ2) is 3.36. The first-order valence-electron chi connectivity index (χ1n) is 4.59. The number of amides is 1. The number of nitrogens with zero attached hydrogens (tertiary/aromatic N) is 1. The minimum absolute atomic E-state index is 0.000694. The van der Waals surface area contributed by atoms with E-state index >= 15 is 0 Å². The summed E-state index contributed by atoms with van der Waals surface area (Å²) in [5, 5.41) is 0. The fourth-order valence-electron chi connectivity index (χ4n) is 1.42. The average molecular weight is 179 g/mol. The summed E-state index contributed by atoms with van der Waals surface area (Å²) in [6, 6.07) is 0. The summed E-state index contributed by atoms with van der Waals surface area (Å²) < 4.78 is 0. The highest BCUT2D eigenvalue weighted by Gasteiger charge is 2.24. The van der Waals surface area contributed by atoms with E-state index in [-0.39, 0.29) is 11.3 Å². The number of hydrogen-bond acceptors (Lipinski definition) is 1. The van der Waals surface area contributed by atoms with Crippen LogP contribution in [0.3, 0.4) is 0 Å². The predicted molar refractivity (Wildman–Crippen MR) is 54.1 cm³/mol. The van der Waals surface area contributed by atoms with Gasteiger partial charge in [-0.05, 0) is 23.5 Å². The Kier molecular flexibility index (Phi) is 2.60. The maximum absolute atomic E-state index is 11.2. The van der Waals surface area contributed by atoms with Gasteiger partial charge in [-0.1, -0.05) is 27.4 Å². The Morgan fingerprint density at radius 3 is 2.62 bits per heavy atom. The van der Waals surface area contributed by atoms with Crippen LogP contribution in [0, 0.1) is 5.41 Å². The SMILES string of the molecule is C=CC(=O)N1C=C(C(C)(C)C)CC1. The largest absolute Gasteiger partial charge is 0.315 e. The van der Waals surface area contributed by atoms with Crippen LogP contribution in [0.4, 0.5) is 0 Å². The van der Waals surface area contributed by atoms with Crippen molar-refractivity contribution in [2.45, 2.75) is 27.2 Å². The van der Waals surface area contributed by atoms with E-state index in [2.05, 4.69) is 27.4 Å². The maximum Gasteiger partial charge on any atom is 0.249 e. The summed E-state index contributed by atoms with van der Waals surface area (Å²) in [7, 11) is 0. The number of carbonyl (C=O) groups is 1. The zero-order valence-electron chi connectivity index (χ0n) is 8.63. The summed E-state index contributed by atoms with van der Waals surface area (Å²) in [4.78, 5) is 13.0. The van der Waals surface area contributed by atoms with E-state index in [1.807, 2.05) is 6.20 Å². The van der Waals surface area contributed by atoms with Crippen molar-refractivity contribution in [3.63, 3.8) is 0 Å². The molecule has 0 radical (unpaired) electrons. The molecule has 0 unspecified atom stereocenters. The molecule has 1 rings (SSSR count). The molecule has 1 aliphatic heterocycles. The normalized spacial score (nSPS) is 17.2. The van der Waals surface area contributed by atoms with E-state index in [1.54, 1.807) is 4.90 Å². The Hall–Kier alpha value is -1.05. The first kappa shape index (κ1) is 10.0. The predicted octanol–water partition coefficient (Wildman–Crippen LogP) is 2.33. The van der Waals surface area contributed by atoms with E-state index in [0.29, 0.717) is 0 Å². The Bertz CT molecular complexity index is 258. The number of rotatable bonds is 1. The highest BCUT2D eigenvalue weighted by atomic mass is 16.2. The van der Waals surface area contributed by atoms with Crippen molar-refractivity contribution in [2.75, 3.05) is 6.54 Å². The number of carbonyl (C=O) groups excluding carboxylic acids is 1. The highest BCUT2D eigenvalue weighted by Crippen LogP contribution is 2.31. The fraction of sp³-hybridized carbons (Fsp3) is 0.545. The standard InChI is InChI=1S/C11H17NO/c1-5-10(13)12-7-6-9(8-12)11(2,3)4/h5,8H,1,6-7H2,2-4H3. The molecule has 0 aromatic heterocycles. The van der Waals surface area contributed by atoms with Gasteiger partial charge in [-0.3, -0.25) is 4.79 Å². The summed E-state index contributed by atoms with van der Waals surface area (Å²) in [5.41, 5.74) is 1.51. The van der Waals surface area contributed by atoms with Crippen molar-refractivity contribution in [1.82, 2.24) is 4.90 Å². The summed E-state index contributed by atoms with van der Waals surface area (Å²) >= 11 is 0. The molecule has 72 valence electrons. The average Bonchev–Trinajstić information content (AvgIpc) is 2.50. The van der Waals surface area contributed by atoms with Crippen LogP contribution < -0.4 is 0 Å². The molecule has 1 aliphatic rings. The molecular weight excluding hydrogens is 162 g/mol. The van der Waals surface area contributed by atoms with Gasteiger partial charge in [0.1, 0.15) is 0 Å². The van der Waals surface area contributed by atoms with Gasteiger partial charge in [-0.25, -0.2) is 0 Å². The van der Waals surface area contributed by atoms with Crippen LogP contribution in [0.5, 0.6) is 0 Å². The topological polar surface area (TPSA) is 20.3 Å². The molecule has 13 heavy (non-hydrogen) atoms. The Morgan fingerprint density at radius 2 is 2.23 bits per heavy atom. The molecule has 0 atom stereocenters. The first-order chi connectivity index (χ1) is 5.95. The third-order valence-corrected chi connectivity index (χ3v) is 2.35. The first-order valence-corrected chi connectivity index (χ1v) is 4.59. The van der Waals surface area contributed by atoms with Crippen molar-refractivity contribution in [3.05, 3.63) is 24.4 Å². The van der Waals surface area contributed by atoms with E-state index in [9.17, 15) is 4.79 Å². The zero-order valence-corrected chi connectivity index (χ0v) is 8.63. The lowest BCUT2D eigenvalue weighted by Crippen LogP contribution is -2.20. The third kappa shape index (κ3) is 2.20. The zero-order chi connectivity index (χ0) is 10.1. The second-order valence-electron chi connectivity index (χ2n) is 4.39. The van der Waals surface area contributed by atoms with Gasteiger partial charge in [0, 0.05) is 12.7 Å². The lowest BCUT2D eigenvalue weighted by atomic mass is 9.86. The third-order valence-electron chi connectivity index (χ3n) is 2.35. The molecule has 0 N–H and O–H groups in total. The van der Waals surface area contributed by atoms with Crippen LogP contribution in [0.1, 0.15) is 27.2 Å². The lowest BCUT2D eigenvalue weighted by Gasteiger charge is -2.18. The van der Waals surface area contributed by atoms with Crippen LogP contribution >= 0.6 is 0 Å². The number of hydrogen-bond donors (Lipinski definition) is 0. The molecule has 0 fully saturated rings. The molecule has 0 bridgehead atoms. The minimum Gasteiger partial charge on any atom is -0.315 e. The molecule has 0 saturated carbocycles.